The number of nitrogens with one attached hydrogen (secondary N) is 1. The van der Waals surface area contributed by atoms with Crippen molar-refractivity contribution in [1.82, 2.24) is 14.9 Å². The van der Waals surface area contributed by atoms with Crippen molar-refractivity contribution in [1.29, 1.82) is 0 Å². The molecule has 1 N–H and O–H groups in total. The van der Waals surface area contributed by atoms with E-state index in [1.165, 1.54) is 0 Å². The molecule has 0 aliphatic carbocycles. The number of aryl methyl sites for hydroxylation is 1. The highest BCUT2D eigenvalue weighted by Crippen LogP contribution is 2.19. The van der Waals surface area contributed by atoms with Gasteiger partial charge in [0.15, 0.2) is 0 Å². The molecule has 5 heteroatoms. The van der Waals surface area contributed by atoms with Gasteiger partial charge in [0.1, 0.15) is 16.6 Å². The molecule has 1 aromatic rings. The Morgan fingerprint density at radius 1 is 1.59 bits per heavy atom. The van der Waals surface area contributed by atoms with Crippen molar-refractivity contribution < 1.29 is 4.74 Å². The lowest BCUT2D eigenvalue weighted by atomic mass is 10.2. The molecule has 4 nitrogen and oxygen atoms in total. The van der Waals surface area contributed by atoms with Crippen LogP contribution in [0.25, 0.3) is 0 Å². The third-order valence-corrected chi connectivity index (χ3v) is 3.31. The van der Waals surface area contributed by atoms with Crippen LogP contribution in [0.2, 0.25) is 0 Å². The molecule has 0 spiro atoms. The zero-order valence-electron chi connectivity index (χ0n) is 10.4. The van der Waals surface area contributed by atoms with Gasteiger partial charge in [0.25, 0.3) is 0 Å². The van der Waals surface area contributed by atoms with Crippen LogP contribution in [-0.2, 0) is 11.2 Å². The van der Waals surface area contributed by atoms with Gasteiger partial charge in [-0.3, -0.25) is 4.90 Å². The van der Waals surface area contributed by atoms with E-state index < -0.39 is 0 Å². The second kappa shape index (κ2) is 5.71. The summed E-state index contributed by atoms with van der Waals surface area (Å²) in [5, 5.41) is 0. The van der Waals surface area contributed by atoms with Crippen molar-refractivity contribution in [3.63, 3.8) is 0 Å². The van der Waals surface area contributed by atoms with Crippen LogP contribution < -0.4 is 0 Å². The fourth-order valence-corrected chi connectivity index (χ4v) is 2.27. The monoisotopic (exact) mass is 253 g/mol. The molecule has 0 radical (unpaired) electrons. The summed E-state index contributed by atoms with van der Waals surface area (Å²) in [4.78, 5) is 10.1. The van der Waals surface area contributed by atoms with Crippen LogP contribution in [0.1, 0.15) is 31.5 Å². The predicted octanol–water partition coefficient (Wildman–Crippen LogP) is 2.09. The Morgan fingerprint density at radius 2 is 2.41 bits per heavy atom. The molecule has 1 saturated heterocycles. The van der Waals surface area contributed by atoms with Gasteiger partial charge in [-0.25, -0.2) is 4.98 Å². The lowest BCUT2D eigenvalue weighted by molar-refractivity contribution is -0.0327. The summed E-state index contributed by atoms with van der Waals surface area (Å²) in [6.45, 7) is 7.97. The summed E-state index contributed by atoms with van der Waals surface area (Å²) in [7, 11) is 0. The van der Waals surface area contributed by atoms with Gasteiger partial charge in [0, 0.05) is 18.8 Å². The number of likely N-dealkylation sites (N-methyl/N-ethyl adjacent to an activating group) is 1. The summed E-state index contributed by atoms with van der Waals surface area (Å²) in [5.41, 5.74) is 1.12. The topological polar surface area (TPSA) is 41.2 Å². The summed E-state index contributed by atoms with van der Waals surface area (Å²) < 4.78 is 6.41. The normalized spacial score (nSPS) is 21.6. The van der Waals surface area contributed by atoms with Crippen LogP contribution in [0.15, 0.2) is 6.07 Å². The molecule has 1 atom stereocenters. The van der Waals surface area contributed by atoms with Crippen molar-refractivity contribution >= 4 is 12.2 Å². The highest BCUT2D eigenvalue weighted by Gasteiger charge is 2.22. The second-order valence-electron chi connectivity index (χ2n) is 4.24. The Labute approximate surface area is 107 Å². The quantitative estimate of drug-likeness (QED) is 0.838. The van der Waals surface area contributed by atoms with Crippen molar-refractivity contribution in [2.75, 3.05) is 26.2 Å². The van der Waals surface area contributed by atoms with Gasteiger partial charge in [-0.2, -0.15) is 0 Å². The van der Waals surface area contributed by atoms with E-state index in [2.05, 4.69) is 28.7 Å². The zero-order valence-corrected chi connectivity index (χ0v) is 11.2. The first-order valence-electron chi connectivity index (χ1n) is 6.17. The van der Waals surface area contributed by atoms with E-state index in [1.54, 1.807) is 0 Å². The van der Waals surface area contributed by atoms with Gasteiger partial charge >= 0.3 is 0 Å². The number of hydrogen-bond acceptors (Lipinski definition) is 4. The highest BCUT2D eigenvalue weighted by atomic mass is 32.1. The SMILES string of the molecule is CCc1cc(=S)nc(C2CN(CC)CCO2)[nH]1. The number of aromatic nitrogens is 2. The number of H-pyrrole nitrogens is 1. The zero-order chi connectivity index (χ0) is 12.3. The van der Waals surface area contributed by atoms with Crippen LogP contribution in [0.4, 0.5) is 0 Å². The lowest BCUT2D eigenvalue weighted by Crippen LogP contribution is -2.38. The maximum Gasteiger partial charge on any atom is 0.138 e. The number of aromatic amines is 1. The molecule has 1 fully saturated rings. The lowest BCUT2D eigenvalue weighted by Gasteiger charge is -2.31. The molecule has 1 aliphatic rings. The molecule has 0 aromatic carbocycles. The molecular weight excluding hydrogens is 234 g/mol. The van der Waals surface area contributed by atoms with Crippen LogP contribution in [0, 0.1) is 4.64 Å². The first-order valence-corrected chi connectivity index (χ1v) is 6.57. The molecule has 1 aromatic heterocycles. The van der Waals surface area contributed by atoms with Crippen LogP contribution in [0.3, 0.4) is 0 Å². The molecule has 94 valence electrons. The molecule has 1 unspecified atom stereocenters. The van der Waals surface area contributed by atoms with E-state index in [0.717, 1.165) is 44.2 Å². The third-order valence-electron chi connectivity index (χ3n) is 3.10. The van der Waals surface area contributed by atoms with E-state index in [9.17, 15) is 0 Å². The first-order chi connectivity index (χ1) is 8.22. The smallest absolute Gasteiger partial charge is 0.138 e. The Kier molecular flexibility index (Phi) is 4.25. The number of hydrogen-bond donors (Lipinski definition) is 1. The van der Waals surface area contributed by atoms with Gasteiger partial charge in [-0.15, -0.1) is 0 Å². The first kappa shape index (κ1) is 12.7. The van der Waals surface area contributed by atoms with Gasteiger partial charge in [0.2, 0.25) is 0 Å². The number of ether oxygens (including phenoxy) is 1. The van der Waals surface area contributed by atoms with Crippen LogP contribution in [0.5, 0.6) is 0 Å². The summed E-state index contributed by atoms with van der Waals surface area (Å²) in [5.74, 6) is 0.868. The number of nitrogens with zero attached hydrogens (tertiary/aromatic N) is 2. The average molecular weight is 253 g/mol. The van der Waals surface area contributed by atoms with Gasteiger partial charge in [-0.1, -0.05) is 26.1 Å². The molecule has 0 amide bonds. The Morgan fingerprint density at radius 3 is 3.12 bits per heavy atom. The highest BCUT2D eigenvalue weighted by molar-refractivity contribution is 7.71. The van der Waals surface area contributed by atoms with Crippen molar-refractivity contribution in [3.05, 3.63) is 22.2 Å². The average Bonchev–Trinajstić information content (AvgIpc) is 2.38. The van der Waals surface area contributed by atoms with E-state index in [4.69, 9.17) is 17.0 Å². The van der Waals surface area contributed by atoms with Crippen LogP contribution >= 0.6 is 12.2 Å². The summed E-state index contributed by atoms with van der Waals surface area (Å²) in [6, 6.07) is 1.92. The molecule has 17 heavy (non-hydrogen) atoms. The summed E-state index contributed by atoms with van der Waals surface area (Å²) in [6.07, 6.45) is 0.959. The van der Waals surface area contributed by atoms with Gasteiger partial charge in [0.05, 0.1) is 6.61 Å². The standard InChI is InChI=1S/C12H19N3OS/c1-3-9-7-11(17)14-12(13-9)10-8-15(4-2)5-6-16-10/h7,10H,3-6,8H2,1-2H3,(H,13,14,17). The fraction of sp³-hybridized carbons (Fsp3) is 0.667. The minimum atomic E-state index is 0.0249. The molecular formula is C12H19N3OS. The van der Waals surface area contributed by atoms with Crippen molar-refractivity contribution in [2.24, 2.45) is 0 Å². The van der Waals surface area contributed by atoms with E-state index in [0.29, 0.717) is 4.64 Å². The third kappa shape index (κ3) is 3.12. The fourth-order valence-electron chi connectivity index (χ4n) is 2.03. The second-order valence-corrected chi connectivity index (χ2v) is 4.65. The van der Waals surface area contributed by atoms with Gasteiger partial charge < -0.3 is 9.72 Å². The maximum atomic E-state index is 5.77. The summed E-state index contributed by atoms with van der Waals surface area (Å²) >= 11 is 5.18. The molecule has 0 saturated carbocycles. The molecule has 1 aliphatic heterocycles. The Bertz CT molecular complexity index is 432. The van der Waals surface area contributed by atoms with E-state index in [-0.39, 0.29) is 6.10 Å². The maximum absolute atomic E-state index is 5.77. The Hall–Kier alpha value is -0.780. The van der Waals surface area contributed by atoms with E-state index in [1.807, 2.05) is 6.07 Å². The largest absolute Gasteiger partial charge is 0.368 e. The van der Waals surface area contributed by atoms with Crippen LogP contribution in [-0.4, -0.2) is 41.1 Å². The number of rotatable bonds is 3. The predicted molar refractivity (Wildman–Crippen MR) is 69.6 cm³/mol. The minimum absolute atomic E-state index is 0.0249. The number of morpholine rings is 1. The van der Waals surface area contributed by atoms with Crippen molar-refractivity contribution in [3.8, 4) is 0 Å². The van der Waals surface area contributed by atoms with Crippen molar-refractivity contribution in [2.45, 2.75) is 26.4 Å². The minimum Gasteiger partial charge on any atom is -0.368 e. The molecule has 0 bridgehead atoms. The molecule has 2 heterocycles. The molecule has 2 rings (SSSR count). The van der Waals surface area contributed by atoms with Gasteiger partial charge in [-0.05, 0) is 19.0 Å². The van der Waals surface area contributed by atoms with E-state index >= 15 is 0 Å². The Balaban J connectivity index is 2.21.